The van der Waals surface area contributed by atoms with Gasteiger partial charge in [-0.3, -0.25) is 0 Å². The van der Waals surface area contributed by atoms with E-state index in [2.05, 4.69) is 4.98 Å². The van der Waals surface area contributed by atoms with Crippen LogP contribution in [0.1, 0.15) is 26.2 Å². The van der Waals surface area contributed by atoms with Crippen molar-refractivity contribution in [3.63, 3.8) is 0 Å². The van der Waals surface area contributed by atoms with E-state index >= 15 is 0 Å². The van der Waals surface area contributed by atoms with Gasteiger partial charge in [0.25, 0.3) is 0 Å². The number of halogens is 1. The van der Waals surface area contributed by atoms with Gasteiger partial charge in [0.1, 0.15) is 5.52 Å². The summed E-state index contributed by atoms with van der Waals surface area (Å²) in [5, 5.41) is 0.568. The molecule has 0 saturated heterocycles. The molecule has 1 aromatic heterocycles. The summed E-state index contributed by atoms with van der Waals surface area (Å²) in [5.74, 6) is 0.535. The monoisotopic (exact) mass is 224 g/mol. The van der Waals surface area contributed by atoms with E-state index in [9.17, 15) is 0 Å². The van der Waals surface area contributed by atoms with Crippen LogP contribution in [0.3, 0.4) is 0 Å². The van der Waals surface area contributed by atoms with Crippen molar-refractivity contribution in [2.75, 3.05) is 0 Å². The second kappa shape index (κ2) is 3.51. The maximum Gasteiger partial charge on any atom is 0.215 e. The number of rotatable bonds is 2. The molecule has 3 nitrogen and oxygen atoms in total. The molecule has 0 bridgehead atoms. The average molecular weight is 225 g/mol. The van der Waals surface area contributed by atoms with Gasteiger partial charge in [-0.25, -0.2) is 4.98 Å². The molecular formula is C11H13ClN2O. The lowest BCUT2D eigenvalue weighted by atomic mass is 10.0. The van der Waals surface area contributed by atoms with E-state index in [1.807, 2.05) is 26.0 Å². The van der Waals surface area contributed by atoms with Gasteiger partial charge in [0.05, 0.1) is 10.6 Å². The van der Waals surface area contributed by atoms with Crippen LogP contribution in [-0.4, -0.2) is 4.98 Å². The average Bonchev–Trinajstić information content (AvgIpc) is 2.64. The Hall–Kier alpha value is -1.06. The molecule has 80 valence electrons. The standard InChI is InChI=1S/C11H13ClN2O/c1-3-11(2,13)10-14-8-6-4-5-7(12)9(8)15-10/h4-6H,3,13H2,1-2H3. The predicted molar refractivity (Wildman–Crippen MR) is 60.8 cm³/mol. The quantitative estimate of drug-likeness (QED) is 0.853. The van der Waals surface area contributed by atoms with E-state index in [0.717, 1.165) is 11.9 Å². The summed E-state index contributed by atoms with van der Waals surface area (Å²) in [4.78, 5) is 4.34. The minimum absolute atomic E-state index is 0.535. The molecule has 2 N–H and O–H groups in total. The third kappa shape index (κ3) is 1.73. The van der Waals surface area contributed by atoms with Crippen LogP contribution in [0.4, 0.5) is 0 Å². The number of oxazole rings is 1. The second-order valence-electron chi connectivity index (χ2n) is 3.88. The number of hydrogen-bond donors (Lipinski definition) is 1. The first kappa shape index (κ1) is 10.5. The number of nitrogens with two attached hydrogens (primary N) is 1. The molecule has 2 aromatic rings. The van der Waals surface area contributed by atoms with Crippen LogP contribution in [0.15, 0.2) is 22.6 Å². The topological polar surface area (TPSA) is 52.0 Å². The lowest BCUT2D eigenvalue weighted by molar-refractivity contribution is 0.356. The third-order valence-electron chi connectivity index (χ3n) is 2.59. The van der Waals surface area contributed by atoms with Gasteiger partial charge < -0.3 is 10.2 Å². The van der Waals surface area contributed by atoms with Crippen LogP contribution >= 0.6 is 11.6 Å². The van der Waals surface area contributed by atoms with E-state index in [0.29, 0.717) is 16.5 Å². The largest absolute Gasteiger partial charge is 0.437 e. The molecule has 2 rings (SSSR count). The van der Waals surface area contributed by atoms with Crippen molar-refractivity contribution in [3.8, 4) is 0 Å². The van der Waals surface area contributed by atoms with E-state index in [1.165, 1.54) is 0 Å². The zero-order valence-electron chi connectivity index (χ0n) is 8.75. The molecule has 1 aromatic carbocycles. The fourth-order valence-electron chi connectivity index (χ4n) is 1.31. The summed E-state index contributed by atoms with van der Waals surface area (Å²) in [7, 11) is 0. The Morgan fingerprint density at radius 2 is 2.27 bits per heavy atom. The Morgan fingerprint density at radius 1 is 1.53 bits per heavy atom. The maximum atomic E-state index is 6.05. The molecule has 0 aliphatic carbocycles. The SMILES string of the molecule is CCC(C)(N)c1nc2cccc(Cl)c2o1. The number of para-hydroxylation sites is 1. The Labute approximate surface area is 93.2 Å². The zero-order valence-corrected chi connectivity index (χ0v) is 9.51. The van der Waals surface area contributed by atoms with Crippen LogP contribution in [0.25, 0.3) is 11.1 Å². The molecule has 0 aliphatic heterocycles. The van der Waals surface area contributed by atoms with E-state index in [-0.39, 0.29) is 0 Å². The van der Waals surface area contributed by atoms with Crippen molar-refractivity contribution in [1.82, 2.24) is 4.98 Å². The van der Waals surface area contributed by atoms with Crippen molar-refractivity contribution in [2.24, 2.45) is 5.73 Å². The highest BCUT2D eigenvalue weighted by Gasteiger charge is 2.25. The predicted octanol–water partition coefficient (Wildman–Crippen LogP) is 3.07. The first-order valence-electron chi connectivity index (χ1n) is 4.89. The summed E-state index contributed by atoms with van der Waals surface area (Å²) < 4.78 is 5.59. The van der Waals surface area contributed by atoms with Crippen LogP contribution in [0.5, 0.6) is 0 Å². The van der Waals surface area contributed by atoms with Crippen molar-refractivity contribution < 1.29 is 4.42 Å². The Bertz CT molecular complexity index is 490. The summed E-state index contributed by atoms with van der Waals surface area (Å²) in [6.45, 7) is 3.89. The van der Waals surface area contributed by atoms with Crippen molar-refractivity contribution >= 4 is 22.7 Å². The molecule has 0 saturated carbocycles. The molecular weight excluding hydrogens is 212 g/mol. The van der Waals surface area contributed by atoms with Crippen molar-refractivity contribution in [1.29, 1.82) is 0 Å². The highest BCUT2D eigenvalue weighted by atomic mass is 35.5. The summed E-state index contributed by atoms with van der Waals surface area (Å²) in [6.07, 6.45) is 0.761. The highest BCUT2D eigenvalue weighted by molar-refractivity contribution is 6.34. The fraction of sp³-hybridized carbons (Fsp3) is 0.364. The zero-order chi connectivity index (χ0) is 11.1. The van der Waals surface area contributed by atoms with Crippen LogP contribution in [-0.2, 0) is 5.54 Å². The fourth-order valence-corrected chi connectivity index (χ4v) is 1.52. The summed E-state index contributed by atoms with van der Waals surface area (Å²) in [5.41, 5.74) is 6.88. The number of hydrogen-bond acceptors (Lipinski definition) is 3. The minimum Gasteiger partial charge on any atom is -0.437 e. The van der Waals surface area contributed by atoms with E-state index < -0.39 is 5.54 Å². The number of fused-ring (bicyclic) bond motifs is 1. The molecule has 1 unspecified atom stereocenters. The second-order valence-corrected chi connectivity index (χ2v) is 4.29. The van der Waals surface area contributed by atoms with Crippen LogP contribution < -0.4 is 5.73 Å². The smallest absolute Gasteiger partial charge is 0.215 e. The number of benzene rings is 1. The Kier molecular flexibility index (Phi) is 2.44. The minimum atomic E-state index is -0.539. The summed E-state index contributed by atoms with van der Waals surface area (Å²) >= 11 is 5.99. The lowest BCUT2D eigenvalue weighted by Gasteiger charge is -2.17. The molecule has 0 amide bonds. The highest BCUT2D eigenvalue weighted by Crippen LogP contribution is 2.29. The Morgan fingerprint density at radius 3 is 2.87 bits per heavy atom. The molecule has 0 fully saturated rings. The van der Waals surface area contributed by atoms with Gasteiger partial charge in [0.2, 0.25) is 5.89 Å². The molecule has 0 aliphatic rings. The van der Waals surface area contributed by atoms with Gasteiger partial charge >= 0.3 is 0 Å². The first-order valence-corrected chi connectivity index (χ1v) is 5.27. The van der Waals surface area contributed by atoms with Crippen molar-refractivity contribution in [3.05, 3.63) is 29.1 Å². The molecule has 1 heterocycles. The van der Waals surface area contributed by atoms with Gasteiger partial charge in [0, 0.05) is 0 Å². The lowest BCUT2D eigenvalue weighted by Crippen LogP contribution is -2.32. The van der Waals surface area contributed by atoms with Crippen LogP contribution in [0.2, 0.25) is 5.02 Å². The van der Waals surface area contributed by atoms with Crippen LogP contribution in [0, 0.1) is 0 Å². The third-order valence-corrected chi connectivity index (χ3v) is 2.89. The van der Waals surface area contributed by atoms with Gasteiger partial charge in [-0.2, -0.15) is 0 Å². The molecule has 1 atom stereocenters. The maximum absolute atomic E-state index is 6.05. The molecule has 0 radical (unpaired) electrons. The normalized spacial score (nSPS) is 15.5. The van der Waals surface area contributed by atoms with Gasteiger partial charge in [-0.1, -0.05) is 24.6 Å². The number of nitrogens with zero attached hydrogens (tertiary/aromatic N) is 1. The number of aromatic nitrogens is 1. The van der Waals surface area contributed by atoms with Gasteiger partial charge in [0.15, 0.2) is 5.58 Å². The Balaban J connectivity index is 2.62. The van der Waals surface area contributed by atoms with E-state index in [1.54, 1.807) is 6.07 Å². The van der Waals surface area contributed by atoms with E-state index in [4.69, 9.17) is 21.8 Å². The van der Waals surface area contributed by atoms with Gasteiger partial charge in [-0.15, -0.1) is 0 Å². The summed E-state index contributed by atoms with van der Waals surface area (Å²) in [6, 6.07) is 5.48. The molecule has 0 spiro atoms. The van der Waals surface area contributed by atoms with Gasteiger partial charge in [-0.05, 0) is 25.5 Å². The molecule has 15 heavy (non-hydrogen) atoms. The van der Waals surface area contributed by atoms with Crippen molar-refractivity contribution in [2.45, 2.75) is 25.8 Å². The first-order chi connectivity index (χ1) is 7.04. The molecule has 4 heteroatoms.